The minimum Gasteiger partial charge on any atom is -0.468 e. The number of anilines is 1. The van der Waals surface area contributed by atoms with Crippen LogP contribution in [-0.4, -0.2) is 24.1 Å². The zero-order valence-electron chi connectivity index (χ0n) is 15.7. The quantitative estimate of drug-likeness (QED) is 0.476. The number of hydrogen-bond acceptors (Lipinski definition) is 5. The van der Waals surface area contributed by atoms with Crippen LogP contribution in [0.3, 0.4) is 0 Å². The van der Waals surface area contributed by atoms with Crippen molar-refractivity contribution >= 4 is 21.6 Å². The maximum absolute atomic E-state index is 12.7. The van der Waals surface area contributed by atoms with Gasteiger partial charge in [0.05, 0.1) is 23.4 Å². The second-order valence-electron chi connectivity index (χ2n) is 6.39. The summed E-state index contributed by atoms with van der Waals surface area (Å²) in [7, 11) is -3.80. The summed E-state index contributed by atoms with van der Waals surface area (Å²) in [6.07, 6.45) is 4.93. The maximum Gasteiger partial charge on any atom is 0.255 e. The monoisotopic (exact) mass is 422 g/mol. The Hall–Kier alpha value is -3.69. The Morgan fingerprint density at radius 1 is 1.03 bits per heavy atom. The largest absolute Gasteiger partial charge is 0.468 e. The molecule has 4 aromatic rings. The van der Waals surface area contributed by atoms with Gasteiger partial charge in [0.1, 0.15) is 5.76 Å². The topological polar surface area (TPSA) is 106 Å². The number of nitrogens with zero attached hydrogens (tertiary/aromatic N) is 2. The Balaban J connectivity index is 1.49. The molecule has 30 heavy (non-hydrogen) atoms. The first-order chi connectivity index (χ1) is 14.5. The summed E-state index contributed by atoms with van der Waals surface area (Å²) in [5, 5.41) is 6.95. The van der Waals surface area contributed by atoms with Crippen LogP contribution in [0.4, 0.5) is 5.69 Å². The highest BCUT2D eigenvalue weighted by atomic mass is 32.2. The van der Waals surface area contributed by atoms with Crippen molar-refractivity contribution in [3.05, 3.63) is 96.7 Å². The molecule has 2 heterocycles. The minimum absolute atomic E-state index is 0.00741. The van der Waals surface area contributed by atoms with Crippen LogP contribution < -0.4 is 10.0 Å². The van der Waals surface area contributed by atoms with Crippen molar-refractivity contribution in [2.75, 3.05) is 5.32 Å². The summed E-state index contributed by atoms with van der Waals surface area (Å²) >= 11 is 0. The van der Waals surface area contributed by atoms with E-state index in [1.165, 1.54) is 24.5 Å². The molecular weight excluding hydrogens is 404 g/mol. The number of rotatable bonds is 7. The molecule has 0 saturated heterocycles. The van der Waals surface area contributed by atoms with E-state index in [-0.39, 0.29) is 17.0 Å². The molecule has 152 valence electrons. The van der Waals surface area contributed by atoms with Gasteiger partial charge in [-0.25, -0.2) is 17.8 Å². The zero-order valence-corrected chi connectivity index (χ0v) is 16.5. The van der Waals surface area contributed by atoms with E-state index in [2.05, 4.69) is 15.1 Å². The molecule has 0 saturated carbocycles. The molecule has 2 N–H and O–H groups in total. The Labute approximate surface area is 173 Å². The first-order valence-corrected chi connectivity index (χ1v) is 10.5. The average Bonchev–Trinajstić information content (AvgIpc) is 3.47. The highest BCUT2D eigenvalue weighted by Gasteiger charge is 2.17. The predicted octanol–water partition coefficient (Wildman–Crippen LogP) is 3.20. The third kappa shape index (κ3) is 4.48. The number of aromatic nitrogens is 2. The van der Waals surface area contributed by atoms with E-state index in [1.807, 2.05) is 6.07 Å². The van der Waals surface area contributed by atoms with Crippen molar-refractivity contribution in [2.24, 2.45) is 0 Å². The third-order valence-corrected chi connectivity index (χ3v) is 5.69. The molecule has 0 atom stereocenters. The van der Waals surface area contributed by atoms with Gasteiger partial charge in [0.2, 0.25) is 10.0 Å². The average molecular weight is 422 g/mol. The number of hydrogen-bond donors (Lipinski definition) is 2. The van der Waals surface area contributed by atoms with Gasteiger partial charge in [-0.05, 0) is 54.6 Å². The first kappa shape index (κ1) is 19.6. The normalized spacial score (nSPS) is 11.3. The maximum atomic E-state index is 12.7. The van der Waals surface area contributed by atoms with E-state index in [4.69, 9.17) is 4.42 Å². The fraction of sp³-hybridized carbons (Fsp3) is 0.0476. The summed E-state index contributed by atoms with van der Waals surface area (Å²) in [5.74, 6) is 0.0697. The van der Waals surface area contributed by atoms with Gasteiger partial charge in [0, 0.05) is 23.6 Å². The van der Waals surface area contributed by atoms with Gasteiger partial charge >= 0.3 is 0 Å². The van der Waals surface area contributed by atoms with Crippen molar-refractivity contribution in [3.8, 4) is 5.69 Å². The number of carbonyl (C=O) groups excluding carboxylic acids is 1. The van der Waals surface area contributed by atoms with Gasteiger partial charge < -0.3 is 9.73 Å². The van der Waals surface area contributed by atoms with Crippen LogP contribution in [0.5, 0.6) is 0 Å². The van der Waals surface area contributed by atoms with Crippen molar-refractivity contribution < 1.29 is 17.6 Å². The predicted molar refractivity (Wildman–Crippen MR) is 111 cm³/mol. The van der Waals surface area contributed by atoms with Gasteiger partial charge in [-0.3, -0.25) is 4.79 Å². The Kier molecular flexibility index (Phi) is 5.46. The minimum atomic E-state index is -3.80. The van der Waals surface area contributed by atoms with Crippen LogP contribution >= 0.6 is 0 Å². The fourth-order valence-electron chi connectivity index (χ4n) is 2.82. The smallest absolute Gasteiger partial charge is 0.255 e. The Morgan fingerprint density at radius 2 is 1.90 bits per heavy atom. The van der Waals surface area contributed by atoms with E-state index in [9.17, 15) is 13.2 Å². The molecule has 2 aromatic carbocycles. The molecule has 0 bridgehead atoms. The van der Waals surface area contributed by atoms with Crippen molar-refractivity contribution in [1.29, 1.82) is 0 Å². The summed E-state index contributed by atoms with van der Waals surface area (Å²) in [6, 6.07) is 18.2. The molecule has 0 aliphatic carbocycles. The third-order valence-electron chi connectivity index (χ3n) is 4.30. The molecular formula is C21H18N4O4S. The van der Waals surface area contributed by atoms with Crippen molar-refractivity contribution in [1.82, 2.24) is 14.5 Å². The molecule has 0 aliphatic heterocycles. The lowest BCUT2D eigenvalue weighted by atomic mass is 10.2. The highest BCUT2D eigenvalue weighted by Crippen LogP contribution is 2.17. The molecule has 0 unspecified atom stereocenters. The first-order valence-electron chi connectivity index (χ1n) is 9.05. The number of amides is 1. The van der Waals surface area contributed by atoms with Crippen molar-refractivity contribution in [2.45, 2.75) is 11.4 Å². The summed E-state index contributed by atoms with van der Waals surface area (Å²) in [6.45, 7) is 0.0198. The van der Waals surface area contributed by atoms with E-state index in [0.29, 0.717) is 11.4 Å². The number of furan rings is 1. The van der Waals surface area contributed by atoms with Crippen LogP contribution in [0, 0.1) is 0 Å². The molecule has 0 fully saturated rings. The van der Waals surface area contributed by atoms with Crippen LogP contribution in [-0.2, 0) is 16.6 Å². The lowest BCUT2D eigenvalue weighted by Crippen LogP contribution is -2.23. The molecule has 2 aromatic heterocycles. The number of nitrogens with one attached hydrogen (secondary N) is 2. The molecule has 9 heteroatoms. The van der Waals surface area contributed by atoms with Gasteiger partial charge in [0.25, 0.3) is 5.91 Å². The van der Waals surface area contributed by atoms with Crippen LogP contribution in [0.1, 0.15) is 16.1 Å². The summed E-state index contributed by atoms with van der Waals surface area (Å²) in [4.78, 5) is 12.7. The summed E-state index contributed by atoms with van der Waals surface area (Å²) < 4.78 is 34.3. The number of sulfonamides is 1. The Morgan fingerprint density at radius 3 is 2.67 bits per heavy atom. The summed E-state index contributed by atoms with van der Waals surface area (Å²) in [5.41, 5.74) is 1.58. The highest BCUT2D eigenvalue weighted by molar-refractivity contribution is 7.89. The molecule has 1 amide bonds. The molecule has 4 rings (SSSR count). The molecule has 0 spiro atoms. The fourth-order valence-corrected chi connectivity index (χ4v) is 3.86. The van der Waals surface area contributed by atoms with Gasteiger partial charge in [-0.15, -0.1) is 0 Å². The molecule has 0 aliphatic rings. The lowest BCUT2D eigenvalue weighted by Gasteiger charge is -2.10. The zero-order chi connectivity index (χ0) is 21.0. The van der Waals surface area contributed by atoms with Crippen LogP contribution in [0.25, 0.3) is 5.69 Å². The second-order valence-corrected chi connectivity index (χ2v) is 8.15. The molecule has 0 radical (unpaired) electrons. The Bertz CT molecular complexity index is 1250. The van der Waals surface area contributed by atoms with Gasteiger partial charge in [-0.2, -0.15) is 5.10 Å². The standard InChI is InChI=1S/C21H18N4O4S/c26-21(24-17-6-2-7-18(14-17)25-11-4-10-22-25)16-5-1-9-20(13-16)30(27,28)23-15-19-8-3-12-29-19/h1-14,23H,15H2,(H,24,26). The van der Waals surface area contributed by atoms with E-state index in [1.54, 1.807) is 59.5 Å². The lowest BCUT2D eigenvalue weighted by molar-refractivity contribution is 0.102. The van der Waals surface area contributed by atoms with Gasteiger partial charge in [-0.1, -0.05) is 12.1 Å². The van der Waals surface area contributed by atoms with Gasteiger partial charge in [0.15, 0.2) is 0 Å². The van der Waals surface area contributed by atoms with Crippen molar-refractivity contribution in [3.63, 3.8) is 0 Å². The SMILES string of the molecule is O=C(Nc1cccc(-n2cccn2)c1)c1cccc(S(=O)(=O)NCc2ccco2)c1. The number of benzene rings is 2. The van der Waals surface area contributed by atoms with Crippen LogP contribution in [0.2, 0.25) is 0 Å². The molecule has 8 nitrogen and oxygen atoms in total. The number of carbonyl (C=O) groups is 1. The van der Waals surface area contributed by atoms with E-state index >= 15 is 0 Å². The van der Waals surface area contributed by atoms with E-state index < -0.39 is 15.9 Å². The van der Waals surface area contributed by atoms with Crippen LogP contribution in [0.15, 0.2) is 94.7 Å². The van der Waals surface area contributed by atoms with E-state index in [0.717, 1.165) is 5.69 Å². The second kappa shape index (κ2) is 8.36.